The van der Waals surface area contributed by atoms with Crippen molar-refractivity contribution in [3.05, 3.63) is 57.2 Å². The number of morpholine rings is 1. The highest BCUT2D eigenvalue weighted by atomic mass is 35.5. The van der Waals surface area contributed by atoms with Crippen molar-refractivity contribution in [2.24, 2.45) is 0 Å². The fourth-order valence-corrected chi connectivity index (χ4v) is 3.33. The van der Waals surface area contributed by atoms with E-state index in [-0.39, 0.29) is 11.6 Å². The predicted octanol–water partition coefficient (Wildman–Crippen LogP) is 3.98. The zero-order chi connectivity index (χ0) is 13.3. The zero-order valence-electron chi connectivity index (χ0n) is 10.7. The minimum Gasteiger partial charge on any atom is -0.370 e. The first-order valence-corrected chi connectivity index (χ1v) is 7.59. The number of halogens is 1. The van der Waals surface area contributed by atoms with Crippen molar-refractivity contribution in [2.75, 3.05) is 13.2 Å². The molecular weight excluding hydrogens is 278 g/mol. The Morgan fingerprint density at radius 2 is 2.16 bits per heavy atom. The summed E-state index contributed by atoms with van der Waals surface area (Å²) in [6.45, 7) is 3.65. The van der Waals surface area contributed by atoms with Gasteiger partial charge < -0.3 is 10.1 Å². The third kappa shape index (κ3) is 2.70. The molecule has 0 bridgehead atoms. The average molecular weight is 294 g/mol. The Hall–Kier alpha value is -0.870. The van der Waals surface area contributed by atoms with E-state index >= 15 is 0 Å². The Kier molecular flexibility index (Phi) is 3.63. The normalized spacial score (nSPS) is 27.4. The fourth-order valence-electron chi connectivity index (χ4n) is 2.39. The van der Waals surface area contributed by atoms with Gasteiger partial charge in [0.1, 0.15) is 0 Å². The van der Waals surface area contributed by atoms with Crippen molar-refractivity contribution in [2.45, 2.75) is 18.6 Å². The number of ether oxygens (including phenoxy) is 1. The van der Waals surface area contributed by atoms with E-state index in [1.807, 2.05) is 12.1 Å². The van der Waals surface area contributed by atoms with E-state index in [4.69, 9.17) is 16.3 Å². The molecule has 3 rings (SSSR count). The summed E-state index contributed by atoms with van der Waals surface area (Å²) in [6.07, 6.45) is 0.0977. The summed E-state index contributed by atoms with van der Waals surface area (Å²) >= 11 is 7.53. The number of nitrogens with one attached hydrogen (secondary N) is 1. The van der Waals surface area contributed by atoms with Gasteiger partial charge in [0, 0.05) is 6.54 Å². The van der Waals surface area contributed by atoms with Gasteiger partial charge in [0.2, 0.25) is 0 Å². The largest absolute Gasteiger partial charge is 0.370 e. The Labute approximate surface area is 122 Å². The maximum atomic E-state index is 6.03. The number of hydrogen-bond donors (Lipinski definition) is 1. The molecule has 2 heterocycles. The molecule has 1 fully saturated rings. The van der Waals surface area contributed by atoms with E-state index in [0.717, 1.165) is 16.4 Å². The molecule has 0 saturated carbocycles. The lowest BCUT2D eigenvalue weighted by atomic mass is 9.91. The summed E-state index contributed by atoms with van der Waals surface area (Å²) < 4.78 is 6.85. The number of rotatable bonds is 2. The fraction of sp³-hybridized carbons (Fsp3) is 0.333. The first kappa shape index (κ1) is 13.1. The van der Waals surface area contributed by atoms with Crippen molar-refractivity contribution in [3.8, 4) is 0 Å². The smallest absolute Gasteiger partial charge is 0.0959 e. The van der Waals surface area contributed by atoms with Crippen LogP contribution in [0.3, 0.4) is 0 Å². The van der Waals surface area contributed by atoms with Crippen molar-refractivity contribution in [1.82, 2.24) is 5.32 Å². The third-order valence-corrected chi connectivity index (χ3v) is 4.73. The quantitative estimate of drug-likeness (QED) is 0.904. The van der Waals surface area contributed by atoms with Gasteiger partial charge >= 0.3 is 0 Å². The summed E-state index contributed by atoms with van der Waals surface area (Å²) in [4.78, 5) is 0. The highest BCUT2D eigenvalue weighted by molar-refractivity contribution is 7.14. The summed E-state index contributed by atoms with van der Waals surface area (Å²) in [7, 11) is 0. The number of hydrogen-bond acceptors (Lipinski definition) is 3. The molecule has 1 aromatic heterocycles. The second-order valence-electron chi connectivity index (χ2n) is 5.06. The van der Waals surface area contributed by atoms with Crippen molar-refractivity contribution in [1.29, 1.82) is 0 Å². The highest BCUT2D eigenvalue weighted by Crippen LogP contribution is 2.32. The van der Waals surface area contributed by atoms with Crippen LogP contribution in [0.1, 0.15) is 24.2 Å². The molecule has 2 unspecified atom stereocenters. The van der Waals surface area contributed by atoms with E-state index in [2.05, 4.69) is 41.9 Å². The van der Waals surface area contributed by atoms with Crippen LogP contribution in [0.15, 0.2) is 41.8 Å². The van der Waals surface area contributed by atoms with Gasteiger partial charge in [0.05, 0.1) is 22.6 Å². The summed E-state index contributed by atoms with van der Waals surface area (Å²) in [5, 5.41) is 5.68. The maximum absolute atomic E-state index is 6.03. The predicted molar refractivity (Wildman–Crippen MR) is 79.8 cm³/mol. The maximum Gasteiger partial charge on any atom is 0.0959 e. The van der Waals surface area contributed by atoms with E-state index < -0.39 is 0 Å². The molecule has 1 aromatic carbocycles. The lowest BCUT2D eigenvalue weighted by Crippen LogP contribution is -2.50. The average Bonchev–Trinajstić information content (AvgIpc) is 2.87. The number of thiophene rings is 1. The molecule has 19 heavy (non-hydrogen) atoms. The summed E-state index contributed by atoms with van der Waals surface area (Å²) in [5.41, 5.74) is 2.31. The molecule has 2 atom stereocenters. The van der Waals surface area contributed by atoms with E-state index in [1.165, 1.54) is 5.56 Å². The van der Waals surface area contributed by atoms with E-state index in [0.29, 0.717) is 6.61 Å². The first-order chi connectivity index (χ1) is 9.17. The second-order valence-corrected chi connectivity index (χ2v) is 6.61. The SMILES string of the molecule is CC1(c2ccccc2)COC(c2csc(Cl)c2)CN1. The van der Waals surface area contributed by atoms with E-state index in [9.17, 15) is 0 Å². The van der Waals surface area contributed by atoms with Crippen molar-refractivity contribution >= 4 is 22.9 Å². The lowest BCUT2D eigenvalue weighted by molar-refractivity contribution is -0.0305. The van der Waals surface area contributed by atoms with Crippen LogP contribution in [-0.4, -0.2) is 13.2 Å². The van der Waals surface area contributed by atoms with Crippen LogP contribution in [0.25, 0.3) is 0 Å². The molecular formula is C15H16ClNOS. The molecule has 0 spiro atoms. The van der Waals surface area contributed by atoms with Gasteiger partial charge in [-0.1, -0.05) is 41.9 Å². The molecule has 0 amide bonds. The van der Waals surface area contributed by atoms with Crippen LogP contribution in [0, 0.1) is 0 Å². The van der Waals surface area contributed by atoms with Crippen LogP contribution in [-0.2, 0) is 10.3 Å². The first-order valence-electron chi connectivity index (χ1n) is 6.33. The molecule has 1 saturated heterocycles. The van der Waals surface area contributed by atoms with Crippen LogP contribution >= 0.6 is 22.9 Å². The van der Waals surface area contributed by atoms with Gasteiger partial charge in [-0.05, 0) is 29.5 Å². The van der Waals surface area contributed by atoms with Crippen LogP contribution in [0.2, 0.25) is 4.34 Å². The van der Waals surface area contributed by atoms with E-state index in [1.54, 1.807) is 11.3 Å². The topological polar surface area (TPSA) is 21.3 Å². The van der Waals surface area contributed by atoms with Crippen LogP contribution < -0.4 is 5.32 Å². The second kappa shape index (κ2) is 5.25. The zero-order valence-corrected chi connectivity index (χ0v) is 12.3. The molecule has 0 aliphatic carbocycles. The molecule has 1 aliphatic rings. The standard InChI is InChI=1S/C15H16ClNOS/c1-15(12-5-3-2-4-6-12)10-18-13(8-17-15)11-7-14(16)19-9-11/h2-7,9,13,17H,8,10H2,1H3. The molecule has 1 aliphatic heterocycles. The molecule has 0 radical (unpaired) electrons. The summed E-state index contributed by atoms with van der Waals surface area (Å²) in [5.74, 6) is 0. The van der Waals surface area contributed by atoms with Crippen molar-refractivity contribution in [3.63, 3.8) is 0 Å². The third-order valence-electron chi connectivity index (χ3n) is 3.62. The minimum absolute atomic E-state index is 0.0977. The van der Waals surface area contributed by atoms with Crippen molar-refractivity contribution < 1.29 is 4.74 Å². The van der Waals surface area contributed by atoms with Gasteiger partial charge in [0.15, 0.2) is 0 Å². The molecule has 2 aromatic rings. The minimum atomic E-state index is -0.114. The molecule has 2 nitrogen and oxygen atoms in total. The highest BCUT2D eigenvalue weighted by Gasteiger charge is 2.33. The van der Waals surface area contributed by atoms with Crippen LogP contribution in [0.5, 0.6) is 0 Å². The summed E-state index contributed by atoms with van der Waals surface area (Å²) in [6, 6.07) is 12.4. The Morgan fingerprint density at radius 3 is 2.74 bits per heavy atom. The Balaban J connectivity index is 1.72. The molecule has 1 N–H and O–H groups in total. The van der Waals surface area contributed by atoms with Gasteiger partial charge in [-0.25, -0.2) is 0 Å². The van der Waals surface area contributed by atoms with Gasteiger partial charge in [0.25, 0.3) is 0 Å². The lowest BCUT2D eigenvalue weighted by Gasteiger charge is -2.39. The molecule has 100 valence electrons. The van der Waals surface area contributed by atoms with Gasteiger partial charge in [-0.15, -0.1) is 11.3 Å². The van der Waals surface area contributed by atoms with Gasteiger partial charge in [-0.2, -0.15) is 0 Å². The molecule has 4 heteroatoms. The number of benzene rings is 1. The van der Waals surface area contributed by atoms with Gasteiger partial charge in [-0.3, -0.25) is 0 Å². The monoisotopic (exact) mass is 293 g/mol. The Morgan fingerprint density at radius 1 is 1.37 bits per heavy atom. The Bertz CT molecular complexity index is 546. The van der Waals surface area contributed by atoms with Crippen LogP contribution in [0.4, 0.5) is 0 Å².